The molecule has 2 heterocycles. The van der Waals surface area contributed by atoms with Crippen LogP contribution in [0.3, 0.4) is 0 Å². The van der Waals surface area contributed by atoms with Gasteiger partial charge in [0.05, 0.1) is 30.0 Å². The van der Waals surface area contributed by atoms with Crippen molar-refractivity contribution < 1.29 is 14.3 Å². The Balaban J connectivity index is 1.35. The summed E-state index contributed by atoms with van der Waals surface area (Å²) in [6.07, 6.45) is 0.128. The molecule has 0 unspecified atom stereocenters. The molecule has 4 aromatic rings. The quantitative estimate of drug-likeness (QED) is 0.336. The molecule has 0 saturated heterocycles. The van der Waals surface area contributed by atoms with Crippen molar-refractivity contribution in [3.63, 3.8) is 0 Å². The first-order valence-corrected chi connectivity index (χ1v) is 11.3. The number of thiazole rings is 2. The van der Waals surface area contributed by atoms with Crippen molar-refractivity contribution in [3.05, 3.63) is 76.7 Å². The highest BCUT2D eigenvalue weighted by Crippen LogP contribution is 2.32. The van der Waals surface area contributed by atoms with Gasteiger partial charge in [-0.3, -0.25) is 4.79 Å². The van der Waals surface area contributed by atoms with Gasteiger partial charge in [0.2, 0.25) is 0 Å². The highest BCUT2D eigenvalue weighted by molar-refractivity contribution is 7.13. The average molecular weight is 437 g/mol. The van der Waals surface area contributed by atoms with E-state index in [0.717, 1.165) is 32.6 Å². The van der Waals surface area contributed by atoms with Crippen LogP contribution in [-0.2, 0) is 22.6 Å². The third-order valence-electron chi connectivity index (χ3n) is 4.25. The molecule has 0 aliphatic heterocycles. The van der Waals surface area contributed by atoms with Crippen LogP contribution in [0.15, 0.2) is 65.4 Å². The number of hydrogen-bond donors (Lipinski definition) is 0. The molecule has 152 valence electrons. The number of hydrogen-bond acceptors (Lipinski definition) is 7. The minimum atomic E-state index is -0.320. The molecular formula is C23H20N2O3S2. The van der Waals surface area contributed by atoms with Crippen LogP contribution in [0, 0.1) is 0 Å². The summed E-state index contributed by atoms with van der Waals surface area (Å²) in [5.41, 5.74) is 3.42. The van der Waals surface area contributed by atoms with Crippen molar-refractivity contribution in [2.24, 2.45) is 0 Å². The first-order valence-electron chi connectivity index (χ1n) is 9.55. The maximum absolute atomic E-state index is 12.3. The van der Waals surface area contributed by atoms with Gasteiger partial charge in [0.15, 0.2) is 0 Å². The minimum Gasteiger partial charge on any atom is -0.493 e. The molecule has 0 atom stereocenters. The van der Waals surface area contributed by atoms with Crippen LogP contribution >= 0.6 is 22.7 Å². The van der Waals surface area contributed by atoms with Crippen molar-refractivity contribution in [1.29, 1.82) is 0 Å². The first-order chi connectivity index (χ1) is 14.7. The number of nitrogens with zero attached hydrogens (tertiary/aromatic N) is 2. The smallest absolute Gasteiger partial charge is 0.312 e. The van der Waals surface area contributed by atoms with E-state index in [1.54, 1.807) is 0 Å². The fraction of sp³-hybridized carbons (Fsp3) is 0.174. The van der Waals surface area contributed by atoms with E-state index in [1.807, 2.05) is 72.3 Å². The number of para-hydroxylation sites is 1. The third kappa shape index (κ3) is 4.93. The van der Waals surface area contributed by atoms with Gasteiger partial charge in [-0.05, 0) is 19.1 Å². The Morgan fingerprint density at radius 3 is 2.43 bits per heavy atom. The summed E-state index contributed by atoms with van der Waals surface area (Å²) >= 11 is 3.03. The zero-order chi connectivity index (χ0) is 20.8. The summed E-state index contributed by atoms with van der Waals surface area (Å²) < 4.78 is 11.1. The van der Waals surface area contributed by atoms with Gasteiger partial charge in [-0.15, -0.1) is 22.7 Å². The Kier molecular flexibility index (Phi) is 6.51. The van der Waals surface area contributed by atoms with Crippen LogP contribution in [0.1, 0.15) is 18.3 Å². The maximum Gasteiger partial charge on any atom is 0.312 e. The van der Waals surface area contributed by atoms with Gasteiger partial charge in [0.25, 0.3) is 0 Å². The molecular weight excluding hydrogens is 416 g/mol. The number of carbonyl (C=O) groups excluding carboxylic acids is 1. The fourth-order valence-electron chi connectivity index (χ4n) is 2.88. The summed E-state index contributed by atoms with van der Waals surface area (Å²) in [6.45, 7) is 2.70. The molecule has 4 rings (SSSR count). The molecule has 7 heteroatoms. The normalized spacial score (nSPS) is 10.7. The largest absolute Gasteiger partial charge is 0.493 e. The lowest BCUT2D eigenvalue weighted by molar-refractivity contribution is -0.144. The summed E-state index contributed by atoms with van der Waals surface area (Å²) in [6, 6.07) is 17.7. The van der Waals surface area contributed by atoms with E-state index >= 15 is 0 Å². The Bertz CT molecular complexity index is 1120. The van der Waals surface area contributed by atoms with Crippen molar-refractivity contribution in [2.45, 2.75) is 20.0 Å². The zero-order valence-electron chi connectivity index (χ0n) is 16.4. The average Bonchev–Trinajstić information content (AvgIpc) is 3.43. The molecule has 2 aromatic heterocycles. The van der Waals surface area contributed by atoms with Gasteiger partial charge in [-0.25, -0.2) is 9.97 Å². The summed E-state index contributed by atoms with van der Waals surface area (Å²) in [7, 11) is 0. The predicted molar refractivity (Wildman–Crippen MR) is 120 cm³/mol. The lowest BCUT2D eigenvalue weighted by Crippen LogP contribution is -2.08. The zero-order valence-corrected chi connectivity index (χ0v) is 18.0. The monoisotopic (exact) mass is 436 g/mol. The van der Waals surface area contributed by atoms with E-state index in [1.165, 1.54) is 22.7 Å². The summed E-state index contributed by atoms with van der Waals surface area (Å²) in [4.78, 5) is 21.4. The van der Waals surface area contributed by atoms with Crippen molar-refractivity contribution >= 4 is 28.6 Å². The van der Waals surface area contributed by atoms with Gasteiger partial charge in [0.1, 0.15) is 22.4 Å². The standard InChI is InChI=1S/C23H20N2O3S2/c1-2-27-20-11-7-6-10-19(20)23-24-17(14-30-23)12-21(26)28-13-18-15-29-22(25-18)16-8-4-3-5-9-16/h3-11,14-15H,2,12-13H2,1H3. The van der Waals surface area contributed by atoms with E-state index in [2.05, 4.69) is 9.97 Å². The molecule has 0 aliphatic carbocycles. The molecule has 0 N–H and O–H groups in total. The Morgan fingerprint density at radius 1 is 0.900 bits per heavy atom. The molecule has 0 saturated carbocycles. The Morgan fingerprint density at radius 2 is 1.60 bits per heavy atom. The van der Waals surface area contributed by atoms with E-state index in [4.69, 9.17) is 9.47 Å². The van der Waals surface area contributed by atoms with E-state index in [9.17, 15) is 4.79 Å². The summed E-state index contributed by atoms with van der Waals surface area (Å²) in [5, 5.41) is 5.55. The van der Waals surface area contributed by atoms with Crippen LogP contribution in [-0.4, -0.2) is 22.5 Å². The molecule has 0 aliphatic rings. The molecule has 0 fully saturated rings. The molecule has 30 heavy (non-hydrogen) atoms. The van der Waals surface area contributed by atoms with Crippen LogP contribution in [0.2, 0.25) is 0 Å². The predicted octanol–water partition coefficient (Wildman–Crippen LogP) is 5.62. The minimum absolute atomic E-state index is 0.128. The van der Waals surface area contributed by atoms with Crippen molar-refractivity contribution in [2.75, 3.05) is 6.61 Å². The van der Waals surface area contributed by atoms with E-state index in [0.29, 0.717) is 12.3 Å². The second-order valence-electron chi connectivity index (χ2n) is 6.42. The fourth-order valence-corrected chi connectivity index (χ4v) is 4.54. The van der Waals surface area contributed by atoms with E-state index in [-0.39, 0.29) is 19.0 Å². The van der Waals surface area contributed by atoms with Gasteiger partial charge in [-0.1, -0.05) is 42.5 Å². The van der Waals surface area contributed by atoms with Gasteiger partial charge in [-0.2, -0.15) is 0 Å². The van der Waals surface area contributed by atoms with E-state index < -0.39 is 0 Å². The Hall–Kier alpha value is -3.03. The van der Waals surface area contributed by atoms with Gasteiger partial charge in [0, 0.05) is 16.3 Å². The number of carbonyl (C=O) groups is 1. The molecule has 0 radical (unpaired) electrons. The topological polar surface area (TPSA) is 61.3 Å². The second kappa shape index (κ2) is 9.65. The molecule has 0 amide bonds. The lowest BCUT2D eigenvalue weighted by atomic mass is 10.2. The lowest BCUT2D eigenvalue weighted by Gasteiger charge is -2.07. The van der Waals surface area contributed by atoms with Crippen LogP contribution in [0.4, 0.5) is 0 Å². The van der Waals surface area contributed by atoms with Crippen LogP contribution in [0.25, 0.3) is 21.1 Å². The van der Waals surface area contributed by atoms with Crippen LogP contribution in [0.5, 0.6) is 5.75 Å². The van der Waals surface area contributed by atoms with Gasteiger partial charge >= 0.3 is 5.97 Å². The summed E-state index contributed by atoms with van der Waals surface area (Å²) in [5.74, 6) is 0.473. The van der Waals surface area contributed by atoms with Crippen molar-refractivity contribution in [1.82, 2.24) is 9.97 Å². The number of aromatic nitrogens is 2. The molecule has 0 spiro atoms. The highest BCUT2D eigenvalue weighted by Gasteiger charge is 2.14. The Labute approximate surface area is 183 Å². The maximum atomic E-state index is 12.3. The number of ether oxygens (including phenoxy) is 2. The third-order valence-corrected chi connectivity index (χ3v) is 6.11. The number of benzene rings is 2. The molecule has 0 bridgehead atoms. The molecule has 2 aromatic carbocycles. The molecule has 5 nitrogen and oxygen atoms in total. The van der Waals surface area contributed by atoms with Gasteiger partial charge < -0.3 is 9.47 Å². The first kappa shape index (κ1) is 20.3. The van der Waals surface area contributed by atoms with Crippen molar-refractivity contribution in [3.8, 4) is 26.9 Å². The SMILES string of the molecule is CCOc1ccccc1-c1nc(CC(=O)OCc2csc(-c3ccccc3)n2)cs1. The number of esters is 1. The second-order valence-corrected chi connectivity index (χ2v) is 8.14. The highest BCUT2D eigenvalue weighted by atomic mass is 32.1. The number of rotatable bonds is 8. The van der Waals surface area contributed by atoms with Crippen LogP contribution < -0.4 is 4.74 Å².